The highest BCUT2D eigenvalue weighted by Crippen LogP contribution is 1.96. The monoisotopic (exact) mass is 176 g/mol. The van der Waals surface area contributed by atoms with E-state index < -0.39 is 0 Å². The van der Waals surface area contributed by atoms with E-state index in [4.69, 9.17) is 4.74 Å². The smallest absolute Gasteiger partial charge is 0.122 e. The fourth-order valence-electron chi connectivity index (χ4n) is 0.726. The van der Waals surface area contributed by atoms with Gasteiger partial charge in [-0.15, -0.1) is 0 Å². The highest BCUT2D eigenvalue weighted by atomic mass is 32.1. The summed E-state index contributed by atoms with van der Waals surface area (Å²) in [6.07, 6.45) is 4.81. The molecule has 11 heavy (non-hydrogen) atoms. The molecule has 0 N–H and O–H groups in total. The third-order valence-electron chi connectivity index (χ3n) is 1.33. The lowest BCUT2D eigenvalue weighted by Crippen LogP contribution is -1.97. The average Bonchev–Trinajstić information content (AvgIpc) is 2.03. The molecule has 0 aromatic rings. The van der Waals surface area contributed by atoms with Gasteiger partial charge >= 0.3 is 0 Å². The standard InChI is InChI=1S/C8H16O2S/c9-5-4-7-10-6-2-1-3-8-11/h5,11H,1-4,6-8H2. The van der Waals surface area contributed by atoms with Crippen molar-refractivity contribution in [2.45, 2.75) is 25.7 Å². The normalized spacial score (nSPS) is 9.91. The van der Waals surface area contributed by atoms with Gasteiger partial charge in [0.2, 0.25) is 0 Å². The second-order valence-electron chi connectivity index (χ2n) is 2.35. The minimum atomic E-state index is 0.520. The topological polar surface area (TPSA) is 26.3 Å². The van der Waals surface area contributed by atoms with Crippen molar-refractivity contribution in [3.63, 3.8) is 0 Å². The van der Waals surface area contributed by atoms with Crippen LogP contribution in [0.1, 0.15) is 25.7 Å². The van der Waals surface area contributed by atoms with E-state index in [0.717, 1.165) is 31.5 Å². The molecule has 66 valence electrons. The van der Waals surface area contributed by atoms with Crippen molar-refractivity contribution in [3.8, 4) is 0 Å². The molecule has 0 aliphatic rings. The molecule has 2 nitrogen and oxygen atoms in total. The van der Waals surface area contributed by atoms with Crippen LogP contribution in [0.3, 0.4) is 0 Å². The van der Waals surface area contributed by atoms with Crippen LogP contribution in [0.5, 0.6) is 0 Å². The lowest BCUT2D eigenvalue weighted by molar-refractivity contribution is -0.108. The first-order valence-electron chi connectivity index (χ1n) is 4.04. The van der Waals surface area contributed by atoms with Crippen molar-refractivity contribution in [1.29, 1.82) is 0 Å². The summed E-state index contributed by atoms with van der Waals surface area (Å²) < 4.78 is 5.16. The first-order chi connectivity index (χ1) is 5.41. The summed E-state index contributed by atoms with van der Waals surface area (Å²) in [6.45, 7) is 1.35. The Morgan fingerprint density at radius 3 is 2.64 bits per heavy atom. The van der Waals surface area contributed by atoms with E-state index in [2.05, 4.69) is 12.6 Å². The number of unbranched alkanes of at least 4 members (excludes halogenated alkanes) is 2. The van der Waals surface area contributed by atoms with Gasteiger partial charge in [-0.25, -0.2) is 0 Å². The van der Waals surface area contributed by atoms with Crippen LogP contribution in [0.25, 0.3) is 0 Å². The molecule has 0 unspecified atom stereocenters. The maximum atomic E-state index is 9.85. The highest BCUT2D eigenvalue weighted by Gasteiger charge is 1.88. The second kappa shape index (κ2) is 9.98. The number of hydrogen-bond donors (Lipinski definition) is 1. The van der Waals surface area contributed by atoms with Crippen LogP contribution in [0.2, 0.25) is 0 Å². The number of thiol groups is 1. The van der Waals surface area contributed by atoms with E-state index in [1.807, 2.05) is 0 Å². The lowest BCUT2D eigenvalue weighted by Gasteiger charge is -1.99. The predicted molar refractivity (Wildman–Crippen MR) is 49.2 cm³/mol. The quantitative estimate of drug-likeness (QED) is 0.346. The summed E-state index contributed by atoms with van der Waals surface area (Å²) in [4.78, 5) is 9.85. The molecule has 0 heterocycles. The number of aldehydes is 1. The molecule has 0 spiro atoms. The zero-order valence-electron chi connectivity index (χ0n) is 6.79. The fourth-order valence-corrected chi connectivity index (χ4v) is 0.950. The van der Waals surface area contributed by atoms with E-state index in [9.17, 15) is 4.79 Å². The van der Waals surface area contributed by atoms with E-state index in [1.165, 1.54) is 6.42 Å². The summed E-state index contributed by atoms with van der Waals surface area (Å²) in [5, 5.41) is 0. The zero-order valence-corrected chi connectivity index (χ0v) is 7.69. The van der Waals surface area contributed by atoms with Gasteiger partial charge in [-0.05, 0) is 18.6 Å². The molecule has 0 rings (SSSR count). The third kappa shape index (κ3) is 9.98. The highest BCUT2D eigenvalue weighted by molar-refractivity contribution is 7.80. The van der Waals surface area contributed by atoms with Gasteiger partial charge in [0.1, 0.15) is 6.29 Å². The van der Waals surface area contributed by atoms with Crippen LogP contribution in [-0.2, 0) is 9.53 Å². The molecule has 0 aliphatic heterocycles. The summed E-state index contributed by atoms with van der Waals surface area (Å²) in [5.41, 5.74) is 0. The SMILES string of the molecule is O=CCCOCCCCCS. The van der Waals surface area contributed by atoms with Gasteiger partial charge in [0.05, 0.1) is 6.61 Å². The predicted octanol–water partition coefficient (Wildman–Crippen LogP) is 1.69. The number of rotatable bonds is 8. The lowest BCUT2D eigenvalue weighted by atomic mass is 10.3. The van der Waals surface area contributed by atoms with Crippen molar-refractivity contribution in [2.75, 3.05) is 19.0 Å². The number of carbonyl (C=O) groups excluding carboxylic acids is 1. The average molecular weight is 176 g/mol. The maximum absolute atomic E-state index is 9.85. The Morgan fingerprint density at radius 2 is 2.00 bits per heavy atom. The van der Waals surface area contributed by atoms with Crippen molar-refractivity contribution in [2.24, 2.45) is 0 Å². The Hall–Kier alpha value is -0.0200. The van der Waals surface area contributed by atoms with E-state index in [-0.39, 0.29) is 0 Å². The zero-order chi connectivity index (χ0) is 8.36. The Labute approximate surface area is 73.7 Å². The van der Waals surface area contributed by atoms with E-state index >= 15 is 0 Å². The molecule has 0 saturated heterocycles. The van der Waals surface area contributed by atoms with Crippen LogP contribution in [0.4, 0.5) is 0 Å². The minimum absolute atomic E-state index is 0.520. The molecular formula is C8H16O2S. The van der Waals surface area contributed by atoms with Gasteiger partial charge in [-0.1, -0.05) is 6.42 Å². The third-order valence-corrected chi connectivity index (χ3v) is 1.64. The van der Waals surface area contributed by atoms with Crippen LogP contribution >= 0.6 is 12.6 Å². The Balaban J connectivity index is 2.74. The van der Waals surface area contributed by atoms with Gasteiger partial charge < -0.3 is 9.53 Å². The van der Waals surface area contributed by atoms with Gasteiger partial charge in [-0.2, -0.15) is 12.6 Å². The summed E-state index contributed by atoms with van der Waals surface area (Å²) in [5.74, 6) is 0.953. The molecule has 0 aromatic carbocycles. The van der Waals surface area contributed by atoms with Crippen molar-refractivity contribution < 1.29 is 9.53 Å². The van der Waals surface area contributed by atoms with Crippen LogP contribution in [0.15, 0.2) is 0 Å². The number of hydrogen-bond acceptors (Lipinski definition) is 3. The first-order valence-corrected chi connectivity index (χ1v) is 4.67. The second-order valence-corrected chi connectivity index (χ2v) is 2.80. The van der Waals surface area contributed by atoms with Gasteiger partial charge in [0.25, 0.3) is 0 Å². The van der Waals surface area contributed by atoms with Crippen molar-refractivity contribution in [1.82, 2.24) is 0 Å². The molecule has 0 saturated carbocycles. The minimum Gasteiger partial charge on any atom is -0.381 e. The first kappa shape index (κ1) is 11.0. The largest absolute Gasteiger partial charge is 0.381 e. The molecule has 0 aliphatic carbocycles. The molecule has 0 aromatic heterocycles. The summed E-state index contributed by atoms with van der Waals surface area (Å²) in [7, 11) is 0. The molecule has 0 atom stereocenters. The number of ether oxygens (including phenoxy) is 1. The molecule has 0 fully saturated rings. The molecule has 0 radical (unpaired) electrons. The number of carbonyl (C=O) groups is 1. The van der Waals surface area contributed by atoms with Crippen molar-refractivity contribution in [3.05, 3.63) is 0 Å². The molecule has 0 bridgehead atoms. The Bertz CT molecular complexity index is 86.2. The molecule has 0 amide bonds. The van der Waals surface area contributed by atoms with Crippen LogP contribution in [-0.4, -0.2) is 25.3 Å². The van der Waals surface area contributed by atoms with Crippen LogP contribution in [0, 0.1) is 0 Å². The summed E-state index contributed by atoms with van der Waals surface area (Å²) >= 11 is 4.09. The van der Waals surface area contributed by atoms with Gasteiger partial charge in [0.15, 0.2) is 0 Å². The van der Waals surface area contributed by atoms with Crippen LogP contribution < -0.4 is 0 Å². The van der Waals surface area contributed by atoms with E-state index in [1.54, 1.807) is 0 Å². The molecular weight excluding hydrogens is 160 g/mol. The Morgan fingerprint density at radius 1 is 1.18 bits per heavy atom. The molecule has 3 heteroatoms. The van der Waals surface area contributed by atoms with Gasteiger partial charge in [-0.3, -0.25) is 0 Å². The van der Waals surface area contributed by atoms with Crippen molar-refractivity contribution >= 4 is 18.9 Å². The Kier molecular flexibility index (Phi) is 9.96. The summed E-state index contributed by atoms with van der Waals surface area (Å²) in [6, 6.07) is 0. The van der Waals surface area contributed by atoms with E-state index in [0.29, 0.717) is 13.0 Å². The van der Waals surface area contributed by atoms with Gasteiger partial charge in [0, 0.05) is 13.0 Å². The maximum Gasteiger partial charge on any atom is 0.122 e. The fraction of sp³-hybridized carbons (Fsp3) is 0.875.